The van der Waals surface area contributed by atoms with E-state index in [9.17, 15) is 14.4 Å². The van der Waals surface area contributed by atoms with Crippen LogP contribution in [0.1, 0.15) is 28.8 Å². The van der Waals surface area contributed by atoms with Gasteiger partial charge >= 0.3 is 5.97 Å². The first-order valence-corrected chi connectivity index (χ1v) is 6.48. The van der Waals surface area contributed by atoms with Crippen LogP contribution in [0.25, 0.3) is 6.08 Å². The molecule has 1 aromatic heterocycles. The van der Waals surface area contributed by atoms with Gasteiger partial charge in [-0.15, -0.1) is 0 Å². The summed E-state index contributed by atoms with van der Waals surface area (Å²) in [5.74, 6) is -1.73. The van der Waals surface area contributed by atoms with Gasteiger partial charge in [-0.05, 0) is 30.5 Å². The molecule has 3 N–H and O–H groups in total. The lowest BCUT2D eigenvalue weighted by Gasteiger charge is -2.06. The lowest BCUT2D eigenvalue weighted by molar-refractivity contribution is -0.131. The number of hydrogen-bond donors (Lipinski definition) is 3. The molecule has 0 aromatic carbocycles. The summed E-state index contributed by atoms with van der Waals surface area (Å²) in [5, 5.41) is 13.8. The highest BCUT2D eigenvalue weighted by Gasteiger charge is 2.23. The second kappa shape index (κ2) is 6.65. The van der Waals surface area contributed by atoms with E-state index < -0.39 is 11.9 Å². The third kappa shape index (κ3) is 5.06. The summed E-state index contributed by atoms with van der Waals surface area (Å²) in [4.78, 5) is 37.6. The van der Waals surface area contributed by atoms with Crippen LogP contribution in [0.5, 0.6) is 0 Å². The van der Waals surface area contributed by atoms with Crippen molar-refractivity contribution in [3.05, 3.63) is 35.7 Å². The van der Waals surface area contributed by atoms with Gasteiger partial charge in [0, 0.05) is 24.5 Å². The maximum absolute atomic E-state index is 11.9. The summed E-state index contributed by atoms with van der Waals surface area (Å²) >= 11 is 0. The summed E-state index contributed by atoms with van der Waals surface area (Å²) in [5.41, 5.74) is 0.759. The summed E-state index contributed by atoms with van der Waals surface area (Å²) in [6.45, 7) is -0.0927. The van der Waals surface area contributed by atoms with Crippen LogP contribution in [0.3, 0.4) is 0 Å². The number of carbonyl (C=O) groups excluding carboxylic acids is 2. The minimum absolute atomic E-state index is 0.0927. The van der Waals surface area contributed by atoms with Crippen LogP contribution in [0.4, 0.5) is 0 Å². The highest BCUT2D eigenvalue weighted by Crippen LogP contribution is 2.18. The predicted octanol–water partition coefficient (Wildman–Crippen LogP) is 0.188. The van der Waals surface area contributed by atoms with Gasteiger partial charge < -0.3 is 15.7 Å². The number of carboxylic acid groups (broad SMARTS) is 1. The van der Waals surface area contributed by atoms with Crippen molar-refractivity contribution in [1.29, 1.82) is 0 Å². The second-order valence-electron chi connectivity index (χ2n) is 4.70. The fourth-order valence-corrected chi connectivity index (χ4v) is 1.61. The lowest BCUT2D eigenvalue weighted by Crippen LogP contribution is -2.37. The van der Waals surface area contributed by atoms with E-state index in [1.807, 2.05) is 0 Å². The van der Waals surface area contributed by atoms with Crippen molar-refractivity contribution in [2.75, 3.05) is 6.54 Å². The Morgan fingerprint density at radius 3 is 2.76 bits per heavy atom. The quantitative estimate of drug-likeness (QED) is 0.648. The predicted molar refractivity (Wildman–Crippen MR) is 74.4 cm³/mol. The van der Waals surface area contributed by atoms with Crippen molar-refractivity contribution < 1.29 is 19.5 Å². The number of aromatic nitrogens is 1. The largest absolute Gasteiger partial charge is 0.478 e. The van der Waals surface area contributed by atoms with Crippen molar-refractivity contribution in [2.45, 2.75) is 18.9 Å². The fraction of sp³-hybridized carbons (Fsp3) is 0.286. The minimum Gasteiger partial charge on any atom is -0.478 e. The Hall–Kier alpha value is -2.70. The van der Waals surface area contributed by atoms with E-state index >= 15 is 0 Å². The molecule has 7 heteroatoms. The topological polar surface area (TPSA) is 108 Å². The van der Waals surface area contributed by atoms with Crippen molar-refractivity contribution in [3.63, 3.8) is 0 Å². The Bertz CT molecular complexity index is 594. The van der Waals surface area contributed by atoms with Gasteiger partial charge in [-0.1, -0.05) is 0 Å². The molecule has 0 atom stereocenters. The van der Waals surface area contributed by atoms with Gasteiger partial charge in [-0.25, -0.2) is 4.79 Å². The van der Waals surface area contributed by atoms with Crippen LogP contribution in [-0.2, 0) is 9.59 Å². The van der Waals surface area contributed by atoms with Gasteiger partial charge in [0.1, 0.15) is 0 Å². The van der Waals surface area contributed by atoms with Crippen molar-refractivity contribution in [2.24, 2.45) is 0 Å². The summed E-state index contributed by atoms with van der Waals surface area (Å²) < 4.78 is 0. The van der Waals surface area contributed by atoms with E-state index in [2.05, 4.69) is 15.6 Å². The molecule has 1 saturated carbocycles. The van der Waals surface area contributed by atoms with Gasteiger partial charge in [-0.3, -0.25) is 14.6 Å². The molecule has 0 unspecified atom stereocenters. The van der Waals surface area contributed by atoms with Crippen LogP contribution in [0, 0.1) is 0 Å². The van der Waals surface area contributed by atoms with Gasteiger partial charge in [0.15, 0.2) is 0 Å². The normalized spacial score (nSPS) is 13.9. The van der Waals surface area contributed by atoms with Crippen LogP contribution in [-0.4, -0.2) is 40.5 Å². The Morgan fingerprint density at radius 1 is 1.33 bits per heavy atom. The molecule has 1 aromatic rings. The molecule has 2 amide bonds. The smallest absolute Gasteiger partial charge is 0.328 e. The van der Waals surface area contributed by atoms with Crippen molar-refractivity contribution >= 4 is 23.9 Å². The van der Waals surface area contributed by atoms with Crippen LogP contribution < -0.4 is 10.6 Å². The average molecular weight is 289 g/mol. The second-order valence-corrected chi connectivity index (χ2v) is 4.70. The molecule has 1 fully saturated rings. The van der Waals surface area contributed by atoms with Gasteiger partial charge in [-0.2, -0.15) is 0 Å². The molecule has 0 bridgehead atoms. The van der Waals surface area contributed by atoms with Crippen LogP contribution >= 0.6 is 0 Å². The van der Waals surface area contributed by atoms with E-state index in [0.717, 1.165) is 18.9 Å². The Balaban J connectivity index is 1.90. The van der Waals surface area contributed by atoms with E-state index in [-0.39, 0.29) is 24.1 Å². The Morgan fingerprint density at radius 2 is 2.10 bits per heavy atom. The van der Waals surface area contributed by atoms with Gasteiger partial charge in [0.25, 0.3) is 5.91 Å². The third-order valence-electron chi connectivity index (χ3n) is 2.79. The highest BCUT2D eigenvalue weighted by atomic mass is 16.4. The highest BCUT2D eigenvalue weighted by molar-refractivity contribution is 5.96. The number of pyridine rings is 1. The molecular formula is C14H15N3O4. The van der Waals surface area contributed by atoms with Crippen molar-refractivity contribution in [1.82, 2.24) is 15.6 Å². The monoisotopic (exact) mass is 289 g/mol. The molecule has 1 aliphatic carbocycles. The first-order chi connectivity index (χ1) is 10.0. The number of carbonyl (C=O) groups is 3. The fourth-order valence-electron chi connectivity index (χ4n) is 1.61. The molecule has 2 rings (SSSR count). The maximum Gasteiger partial charge on any atom is 0.328 e. The molecule has 110 valence electrons. The third-order valence-corrected chi connectivity index (χ3v) is 2.79. The summed E-state index contributed by atoms with van der Waals surface area (Å²) in [6.07, 6.45) is 7.07. The summed E-state index contributed by atoms with van der Waals surface area (Å²) in [7, 11) is 0. The lowest BCUT2D eigenvalue weighted by atomic mass is 10.2. The SMILES string of the molecule is O=C(O)C=Cc1cncc(C(=O)NCC(=O)NC2CC2)c1. The van der Waals surface area contributed by atoms with Crippen LogP contribution in [0.2, 0.25) is 0 Å². The minimum atomic E-state index is -1.08. The number of aliphatic carboxylic acids is 1. The molecule has 21 heavy (non-hydrogen) atoms. The van der Waals surface area contributed by atoms with Gasteiger partial charge in [0.05, 0.1) is 12.1 Å². The average Bonchev–Trinajstić information content (AvgIpc) is 3.26. The van der Waals surface area contributed by atoms with Gasteiger partial charge in [0.2, 0.25) is 5.91 Å². The molecule has 1 heterocycles. The molecule has 0 saturated heterocycles. The number of carboxylic acids is 1. The number of hydrogen-bond acceptors (Lipinski definition) is 4. The zero-order valence-corrected chi connectivity index (χ0v) is 11.2. The standard InChI is InChI=1S/C14H15N3O4/c18-12(17-11-2-3-11)8-16-14(21)10-5-9(6-15-7-10)1-4-13(19)20/h1,4-7,11H,2-3,8H2,(H,16,21)(H,17,18)(H,19,20). The van der Waals surface area contributed by atoms with E-state index in [1.165, 1.54) is 24.5 Å². The molecular weight excluding hydrogens is 274 g/mol. The number of rotatable bonds is 6. The number of nitrogens with zero attached hydrogens (tertiary/aromatic N) is 1. The zero-order chi connectivity index (χ0) is 15.2. The number of nitrogens with one attached hydrogen (secondary N) is 2. The Kier molecular flexibility index (Phi) is 4.65. The summed E-state index contributed by atoms with van der Waals surface area (Å²) in [6, 6.07) is 1.75. The molecule has 0 aliphatic heterocycles. The Labute approximate surface area is 121 Å². The van der Waals surface area contributed by atoms with E-state index in [4.69, 9.17) is 5.11 Å². The first-order valence-electron chi connectivity index (χ1n) is 6.48. The molecule has 7 nitrogen and oxygen atoms in total. The first kappa shape index (κ1) is 14.7. The van der Waals surface area contributed by atoms with E-state index in [0.29, 0.717) is 5.56 Å². The maximum atomic E-state index is 11.9. The molecule has 0 spiro atoms. The zero-order valence-electron chi connectivity index (χ0n) is 11.2. The van der Waals surface area contributed by atoms with Crippen molar-refractivity contribution in [3.8, 4) is 0 Å². The number of amides is 2. The van der Waals surface area contributed by atoms with E-state index in [1.54, 1.807) is 0 Å². The molecule has 1 aliphatic rings. The van der Waals surface area contributed by atoms with Crippen LogP contribution in [0.15, 0.2) is 24.5 Å². The molecule has 0 radical (unpaired) electrons.